The topological polar surface area (TPSA) is 82.6 Å². The first-order valence-corrected chi connectivity index (χ1v) is 7.90. The van der Waals surface area contributed by atoms with E-state index in [-0.39, 0.29) is 17.2 Å². The van der Waals surface area contributed by atoms with Gasteiger partial charge in [-0.05, 0) is 42.0 Å². The summed E-state index contributed by atoms with van der Waals surface area (Å²) in [5.41, 5.74) is 2.23. The van der Waals surface area contributed by atoms with E-state index < -0.39 is 10.9 Å². The van der Waals surface area contributed by atoms with Gasteiger partial charge in [-0.1, -0.05) is 35.9 Å². The fourth-order valence-electron chi connectivity index (χ4n) is 2.82. The molecule has 1 aromatic heterocycles. The molecule has 3 aromatic rings. The Morgan fingerprint density at radius 3 is 2.58 bits per heavy atom. The molecule has 0 fully saturated rings. The van der Waals surface area contributed by atoms with E-state index in [1.165, 1.54) is 23.8 Å². The standard InChI is InChI=1S/C20H13NO5/c1-12-2-3-14-9-15(5-4-13(14)8-12)18-11-16(20(22)26-18)10-17-6-7-19(25-17)21(23)24/h2-11H,1H3. The molecule has 26 heavy (non-hydrogen) atoms. The summed E-state index contributed by atoms with van der Waals surface area (Å²) >= 11 is 0. The number of esters is 1. The Hall–Kier alpha value is -3.67. The minimum Gasteiger partial charge on any atom is -0.422 e. The first-order valence-electron chi connectivity index (χ1n) is 7.90. The average molecular weight is 347 g/mol. The first-order chi connectivity index (χ1) is 12.5. The van der Waals surface area contributed by atoms with Crippen LogP contribution in [0.25, 0.3) is 22.6 Å². The molecule has 4 rings (SSSR count). The number of cyclic esters (lactones) is 1. The van der Waals surface area contributed by atoms with Crippen LogP contribution in [0.1, 0.15) is 16.9 Å². The summed E-state index contributed by atoms with van der Waals surface area (Å²) in [6.45, 7) is 2.03. The van der Waals surface area contributed by atoms with Crippen molar-refractivity contribution in [3.8, 4) is 0 Å². The second-order valence-corrected chi connectivity index (χ2v) is 6.00. The fraction of sp³-hybridized carbons (Fsp3) is 0.0500. The predicted molar refractivity (Wildman–Crippen MR) is 96.1 cm³/mol. The third-order valence-corrected chi connectivity index (χ3v) is 4.10. The zero-order chi connectivity index (χ0) is 18.3. The third kappa shape index (κ3) is 2.88. The number of ether oxygens (including phenoxy) is 1. The predicted octanol–water partition coefficient (Wildman–Crippen LogP) is 4.63. The van der Waals surface area contributed by atoms with Crippen LogP contribution in [0, 0.1) is 17.0 Å². The number of carbonyl (C=O) groups excluding carboxylic acids is 1. The number of furan rings is 1. The van der Waals surface area contributed by atoms with Crippen LogP contribution >= 0.6 is 0 Å². The molecule has 2 heterocycles. The average Bonchev–Trinajstić information content (AvgIpc) is 3.22. The molecular formula is C20H13NO5. The third-order valence-electron chi connectivity index (χ3n) is 4.10. The highest BCUT2D eigenvalue weighted by atomic mass is 16.6. The summed E-state index contributed by atoms with van der Waals surface area (Å²) in [4.78, 5) is 22.1. The Balaban J connectivity index is 1.68. The molecule has 0 saturated carbocycles. The molecule has 6 nitrogen and oxygen atoms in total. The summed E-state index contributed by atoms with van der Waals surface area (Å²) in [5, 5.41) is 12.8. The van der Waals surface area contributed by atoms with Gasteiger partial charge >= 0.3 is 11.9 Å². The number of hydrogen-bond acceptors (Lipinski definition) is 5. The first kappa shape index (κ1) is 15.8. The van der Waals surface area contributed by atoms with Crippen LogP contribution in [-0.4, -0.2) is 10.9 Å². The second-order valence-electron chi connectivity index (χ2n) is 6.00. The molecule has 128 valence electrons. The Morgan fingerprint density at radius 1 is 1.04 bits per heavy atom. The molecule has 1 aliphatic rings. The van der Waals surface area contributed by atoms with Crippen molar-refractivity contribution in [3.63, 3.8) is 0 Å². The van der Waals surface area contributed by atoms with Crippen LogP contribution in [0.5, 0.6) is 0 Å². The number of carbonyl (C=O) groups is 1. The summed E-state index contributed by atoms with van der Waals surface area (Å²) in [6.07, 6.45) is 3.03. The van der Waals surface area contributed by atoms with E-state index in [1.54, 1.807) is 6.08 Å². The minimum atomic E-state index is -0.632. The fourth-order valence-corrected chi connectivity index (χ4v) is 2.82. The van der Waals surface area contributed by atoms with Crippen LogP contribution in [0.15, 0.2) is 64.6 Å². The van der Waals surface area contributed by atoms with E-state index in [2.05, 4.69) is 6.07 Å². The molecular weight excluding hydrogens is 334 g/mol. The second kappa shape index (κ2) is 6.00. The number of nitro groups is 1. The summed E-state index contributed by atoms with van der Waals surface area (Å²) in [7, 11) is 0. The summed E-state index contributed by atoms with van der Waals surface area (Å²) in [5.74, 6) is -0.250. The highest BCUT2D eigenvalue weighted by Gasteiger charge is 2.23. The molecule has 6 heteroatoms. The summed E-state index contributed by atoms with van der Waals surface area (Å²) in [6, 6.07) is 14.6. The van der Waals surface area contributed by atoms with Crippen LogP contribution in [-0.2, 0) is 9.53 Å². The molecule has 2 aromatic carbocycles. The Kier molecular flexibility index (Phi) is 3.65. The number of rotatable bonds is 3. The zero-order valence-electron chi connectivity index (χ0n) is 13.8. The van der Waals surface area contributed by atoms with E-state index in [1.807, 2.05) is 37.3 Å². The minimum absolute atomic E-state index is 0.218. The molecule has 0 atom stereocenters. The van der Waals surface area contributed by atoms with Crippen LogP contribution in [0.2, 0.25) is 0 Å². The van der Waals surface area contributed by atoms with Crippen molar-refractivity contribution in [1.29, 1.82) is 0 Å². The van der Waals surface area contributed by atoms with E-state index >= 15 is 0 Å². The molecule has 0 unspecified atom stereocenters. The van der Waals surface area contributed by atoms with Gasteiger partial charge in [-0.3, -0.25) is 10.1 Å². The lowest BCUT2D eigenvalue weighted by Gasteiger charge is -2.05. The normalized spacial score (nSPS) is 15.3. The largest absolute Gasteiger partial charge is 0.433 e. The maximum absolute atomic E-state index is 12.1. The van der Waals surface area contributed by atoms with Crippen LogP contribution in [0.3, 0.4) is 0 Å². The van der Waals surface area contributed by atoms with Gasteiger partial charge in [0.15, 0.2) is 0 Å². The van der Waals surface area contributed by atoms with Crippen LogP contribution in [0.4, 0.5) is 5.88 Å². The van der Waals surface area contributed by atoms with Crippen molar-refractivity contribution in [1.82, 2.24) is 0 Å². The molecule has 0 bridgehead atoms. The quantitative estimate of drug-likeness (QED) is 0.298. The lowest BCUT2D eigenvalue weighted by molar-refractivity contribution is -0.402. The molecule has 0 aliphatic carbocycles. The number of nitrogens with zero attached hydrogens (tertiary/aromatic N) is 1. The van der Waals surface area contributed by atoms with Gasteiger partial charge in [0.05, 0.1) is 11.6 Å². The van der Waals surface area contributed by atoms with Crippen molar-refractivity contribution in [3.05, 3.63) is 87.2 Å². The number of benzene rings is 2. The molecule has 0 N–H and O–H groups in total. The van der Waals surface area contributed by atoms with E-state index in [0.717, 1.165) is 16.3 Å². The monoisotopic (exact) mass is 347 g/mol. The van der Waals surface area contributed by atoms with Gasteiger partial charge in [-0.2, -0.15) is 0 Å². The molecule has 0 spiro atoms. The van der Waals surface area contributed by atoms with Gasteiger partial charge in [0, 0.05) is 5.56 Å². The molecule has 1 aliphatic heterocycles. The maximum atomic E-state index is 12.1. The van der Waals surface area contributed by atoms with Gasteiger partial charge < -0.3 is 9.15 Å². The van der Waals surface area contributed by atoms with Gasteiger partial charge in [0.2, 0.25) is 0 Å². The van der Waals surface area contributed by atoms with Crippen LogP contribution < -0.4 is 0 Å². The molecule has 0 amide bonds. The smallest absolute Gasteiger partial charge is 0.422 e. The number of aryl methyl sites for hydroxylation is 1. The highest BCUT2D eigenvalue weighted by Crippen LogP contribution is 2.30. The Morgan fingerprint density at radius 2 is 1.81 bits per heavy atom. The van der Waals surface area contributed by atoms with E-state index in [4.69, 9.17) is 9.15 Å². The van der Waals surface area contributed by atoms with Crippen molar-refractivity contribution in [2.75, 3.05) is 0 Å². The highest BCUT2D eigenvalue weighted by molar-refractivity contribution is 6.05. The van der Waals surface area contributed by atoms with E-state index in [9.17, 15) is 14.9 Å². The van der Waals surface area contributed by atoms with Gasteiger partial charge in [0.1, 0.15) is 16.4 Å². The number of hydrogen-bond donors (Lipinski definition) is 0. The van der Waals surface area contributed by atoms with Crippen molar-refractivity contribution in [2.45, 2.75) is 6.92 Å². The van der Waals surface area contributed by atoms with Crippen molar-refractivity contribution in [2.24, 2.45) is 0 Å². The lowest BCUT2D eigenvalue weighted by Crippen LogP contribution is -1.97. The van der Waals surface area contributed by atoms with E-state index in [0.29, 0.717) is 5.76 Å². The van der Waals surface area contributed by atoms with Gasteiger partial charge in [-0.25, -0.2) is 4.79 Å². The van der Waals surface area contributed by atoms with Crippen molar-refractivity contribution < 1.29 is 18.9 Å². The van der Waals surface area contributed by atoms with Crippen molar-refractivity contribution >= 4 is 34.5 Å². The zero-order valence-corrected chi connectivity index (χ0v) is 13.8. The SMILES string of the molecule is Cc1ccc2cc(C3=CC(=Cc4ccc([N+](=O)[O-])o4)C(=O)O3)ccc2c1. The lowest BCUT2D eigenvalue weighted by atomic mass is 10.0. The Labute approximate surface area is 148 Å². The maximum Gasteiger partial charge on any atom is 0.433 e. The molecule has 0 radical (unpaired) electrons. The number of fused-ring (bicyclic) bond motifs is 1. The summed E-state index contributed by atoms with van der Waals surface area (Å²) < 4.78 is 10.4. The Bertz CT molecular complexity index is 1120. The van der Waals surface area contributed by atoms with Gasteiger partial charge in [0.25, 0.3) is 0 Å². The van der Waals surface area contributed by atoms with Gasteiger partial charge in [-0.15, -0.1) is 0 Å². The molecule has 0 saturated heterocycles.